The fraction of sp³-hybridized carbons (Fsp3) is 0.429. The second-order valence-electron chi connectivity index (χ2n) is 10.4. The number of rotatable bonds is 5. The van der Waals surface area contributed by atoms with Gasteiger partial charge in [-0.2, -0.15) is 5.10 Å². The highest BCUT2D eigenvalue weighted by molar-refractivity contribution is 14.2. The number of piperazine rings is 1. The molecule has 7 nitrogen and oxygen atoms in total. The molecule has 12 heteroatoms. The first-order valence-electron chi connectivity index (χ1n) is 13.8. The minimum atomic E-state index is 0.480. The second-order valence-corrected chi connectivity index (χ2v) is 14.6. The molecule has 0 amide bonds. The van der Waals surface area contributed by atoms with Crippen LogP contribution in [0.4, 0.5) is 5.82 Å². The maximum atomic E-state index is 7.01. The van der Waals surface area contributed by atoms with Crippen molar-refractivity contribution in [1.82, 2.24) is 29.8 Å². The van der Waals surface area contributed by atoms with Gasteiger partial charge in [0, 0.05) is 52.7 Å². The van der Waals surface area contributed by atoms with Gasteiger partial charge in [0.2, 0.25) is 0 Å². The Bertz CT molecular complexity index is 1740. The molecule has 1 N–H and O–H groups in total. The summed E-state index contributed by atoms with van der Waals surface area (Å²) in [6, 6.07) is 5.32. The van der Waals surface area contributed by atoms with Gasteiger partial charge in [-0.1, -0.05) is 37.2 Å². The van der Waals surface area contributed by atoms with E-state index >= 15 is 0 Å². The topological polar surface area (TPSA) is 71.8 Å². The minimum absolute atomic E-state index is 0.480. The summed E-state index contributed by atoms with van der Waals surface area (Å²) < 4.78 is 3.20. The number of anilines is 1. The molecular formula is C28H30ClIN7PS2. The van der Waals surface area contributed by atoms with Gasteiger partial charge >= 0.3 is 0 Å². The largest absolute Gasteiger partial charge is 0.353 e. The molecule has 6 heterocycles. The summed E-state index contributed by atoms with van der Waals surface area (Å²) in [4.78, 5) is 18.7. The molecule has 8 rings (SSSR count). The molecule has 1 aliphatic carbocycles. The Morgan fingerprint density at radius 2 is 1.90 bits per heavy atom. The van der Waals surface area contributed by atoms with E-state index in [9.17, 15) is 0 Å². The molecule has 2 bridgehead atoms. The van der Waals surface area contributed by atoms with Crippen molar-refractivity contribution in [1.29, 1.82) is 0 Å². The third-order valence-electron chi connectivity index (χ3n) is 8.08. The predicted molar refractivity (Wildman–Crippen MR) is 181 cm³/mol. The highest BCUT2D eigenvalue weighted by Crippen LogP contribution is 2.52. The van der Waals surface area contributed by atoms with E-state index in [-0.39, 0.29) is 0 Å². The molecule has 0 radical (unpaired) electrons. The first-order chi connectivity index (χ1) is 19.6. The van der Waals surface area contributed by atoms with Crippen LogP contribution in [0, 0.1) is 0 Å². The summed E-state index contributed by atoms with van der Waals surface area (Å²) in [6.07, 6.45) is 11.3. The fourth-order valence-electron chi connectivity index (χ4n) is 6.28. The maximum Gasteiger partial charge on any atom is 0.190 e. The standard InChI is InChI=1S/C26H24ClIN7PS2.C2H6/c1-37-26-32-24(34-10-13-4-5-14(11-34)31-13)21-15-6-7-29-22(23(15)38-25(21)33-26)20-16-9-30-35(36-28)18(16)8-17(27)19(20)12-2-3-12;1-2/h6-9,12-14,31,36H,2-5,10-11H2,1H3;1-2H3. The lowest BCUT2D eigenvalue weighted by Crippen LogP contribution is -2.51. The number of halogens is 2. The van der Waals surface area contributed by atoms with E-state index < -0.39 is 0 Å². The number of nitrogens with zero attached hydrogens (tertiary/aromatic N) is 6. The maximum absolute atomic E-state index is 7.01. The Balaban J connectivity index is 0.00000130. The van der Waals surface area contributed by atoms with Gasteiger partial charge in [-0.15, -0.1) is 11.3 Å². The van der Waals surface area contributed by atoms with Crippen molar-refractivity contribution in [2.24, 2.45) is 0 Å². The third-order valence-corrected chi connectivity index (χ3v) is 11.9. The molecule has 3 fully saturated rings. The smallest absolute Gasteiger partial charge is 0.190 e. The summed E-state index contributed by atoms with van der Waals surface area (Å²) in [6.45, 7) is 5.98. The van der Waals surface area contributed by atoms with Crippen LogP contribution in [0.25, 0.3) is 42.5 Å². The molecule has 40 heavy (non-hydrogen) atoms. The fourth-order valence-corrected chi connectivity index (χ4v) is 9.74. The molecule has 1 saturated carbocycles. The normalized spacial score (nSPS) is 20.8. The van der Waals surface area contributed by atoms with E-state index in [1.54, 1.807) is 23.1 Å². The molecule has 2 aliphatic heterocycles. The van der Waals surface area contributed by atoms with Gasteiger partial charge in [-0.05, 0) is 77.6 Å². The van der Waals surface area contributed by atoms with Gasteiger partial charge < -0.3 is 10.2 Å². The van der Waals surface area contributed by atoms with Gasteiger partial charge in [0.05, 0.1) is 33.9 Å². The van der Waals surface area contributed by atoms with Crippen LogP contribution in [0.5, 0.6) is 0 Å². The lowest BCUT2D eigenvalue weighted by Gasteiger charge is -2.34. The average molecular weight is 722 g/mol. The third kappa shape index (κ3) is 4.52. The first kappa shape index (κ1) is 27.5. The number of benzene rings is 1. The molecular weight excluding hydrogens is 692 g/mol. The van der Waals surface area contributed by atoms with Crippen molar-refractivity contribution < 1.29 is 0 Å². The molecule has 208 valence electrons. The quantitative estimate of drug-likeness (QED) is 0.0848. The van der Waals surface area contributed by atoms with Crippen LogP contribution in [0.3, 0.4) is 0 Å². The number of nitrogens with one attached hydrogen (secondary N) is 1. The van der Waals surface area contributed by atoms with E-state index in [2.05, 4.69) is 50.6 Å². The summed E-state index contributed by atoms with van der Waals surface area (Å²) in [5.41, 5.74) is 4.44. The van der Waals surface area contributed by atoms with Crippen molar-refractivity contribution in [2.45, 2.75) is 62.7 Å². The Labute approximate surface area is 261 Å². The highest BCUT2D eigenvalue weighted by Gasteiger charge is 2.35. The molecule has 2 saturated heterocycles. The minimum Gasteiger partial charge on any atom is -0.353 e. The van der Waals surface area contributed by atoms with Crippen molar-refractivity contribution in [3.63, 3.8) is 0 Å². The zero-order chi connectivity index (χ0) is 27.5. The van der Waals surface area contributed by atoms with Crippen LogP contribution in [0.2, 0.25) is 5.02 Å². The van der Waals surface area contributed by atoms with E-state index in [4.69, 9.17) is 31.7 Å². The van der Waals surface area contributed by atoms with Gasteiger partial charge in [-0.25, -0.2) is 14.4 Å². The summed E-state index contributed by atoms with van der Waals surface area (Å²) >= 11 is 12.7. The monoisotopic (exact) mass is 721 g/mol. The molecule has 3 atom stereocenters. The van der Waals surface area contributed by atoms with Gasteiger partial charge in [0.1, 0.15) is 10.6 Å². The van der Waals surface area contributed by atoms with Gasteiger partial charge in [0.15, 0.2) is 5.16 Å². The van der Waals surface area contributed by atoms with Crippen LogP contribution < -0.4 is 10.2 Å². The molecule has 0 spiro atoms. The highest BCUT2D eigenvalue weighted by atomic mass is 127. The van der Waals surface area contributed by atoms with E-state index in [1.807, 2.05) is 30.7 Å². The molecule has 3 aliphatic rings. The van der Waals surface area contributed by atoms with Crippen molar-refractivity contribution in [2.75, 3.05) is 24.2 Å². The van der Waals surface area contributed by atoms with Crippen LogP contribution in [0.1, 0.15) is 51.0 Å². The summed E-state index contributed by atoms with van der Waals surface area (Å²) in [5, 5.41) is 13.6. The molecule has 5 aromatic rings. The Morgan fingerprint density at radius 1 is 1.12 bits per heavy atom. The average Bonchev–Trinajstić information content (AvgIpc) is 3.49. The number of pyridine rings is 1. The summed E-state index contributed by atoms with van der Waals surface area (Å²) in [7, 11) is 0. The Hall–Kier alpha value is -1.30. The van der Waals surface area contributed by atoms with Crippen LogP contribution >= 0.6 is 63.1 Å². The zero-order valence-corrected chi connectivity index (χ0v) is 28.1. The first-order valence-corrected chi connectivity index (χ1v) is 20.3. The van der Waals surface area contributed by atoms with Crippen LogP contribution in [-0.4, -0.2) is 55.9 Å². The Kier molecular flexibility index (Phi) is 7.62. The number of thioether (sulfide) groups is 1. The lowest BCUT2D eigenvalue weighted by atomic mass is 9.95. The number of hydrogen-bond acceptors (Lipinski definition) is 8. The van der Waals surface area contributed by atoms with E-state index in [0.717, 1.165) is 66.2 Å². The lowest BCUT2D eigenvalue weighted by molar-refractivity contribution is 0.463. The number of aromatic nitrogens is 5. The van der Waals surface area contributed by atoms with Crippen molar-refractivity contribution in [3.8, 4) is 11.3 Å². The van der Waals surface area contributed by atoms with Crippen LogP contribution in [-0.2, 0) is 0 Å². The van der Waals surface area contributed by atoms with Gasteiger partial charge in [0.25, 0.3) is 0 Å². The number of thiophene rings is 1. The summed E-state index contributed by atoms with van der Waals surface area (Å²) in [5.74, 6) is 1.55. The molecule has 4 aromatic heterocycles. The number of fused-ring (bicyclic) bond motifs is 6. The molecule has 1 aromatic carbocycles. The van der Waals surface area contributed by atoms with E-state index in [1.165, 1.54) is 36.6 Å². The van der Waals surface area contributed by atoms with Crippen molar-refractivity contribution >= 4 is 100 Å². The van der Waals surface area contributed by atoms with Gasteiger partial charge in [-0.3, -0.25) is 4.98 Å². The van der Waals surface area contributed by atoms with E-state index in [0.29, 0.717) is 24.4 Å². The van der Waals surface area contributed by atoms with Crippen LogP contribution in [0.15, 0.2) is 29.7 Å². The predicted octanol–water partition coefficient (Wildman–Crippen LogP) is 8.27. The zero-order valence-electron chi connectivity index (χ0n) is 22.5. The Morgan fingerprint density at radius 3 is 2.60 bits per heavy atom. The second kappa shape index (κ2) is 11.1. The van der Waals surface area contributed by atoms with Crippen molar-refractivity contribution in [3.05, 3.63) is 35.1 Å². The SMILES string of the molecule is CC.CSc1nc(N2CC3CCC(C2)N3)c2c(n1)sc1c(-c3c(C4CC4)c(Cl)cc4c3cnn4PI)nccc12. The molecule has 3 unspecified atom stereocenters. The number of hydrogen-bond donors (Lipinski definition) is 1.